The van der Waals surface area contributed by atoms with Gasteiger partial charge in [0.05, 0.1) is 36.1 Å². The number of fused-ring (bicyclic) bond motifs is 2. The fourth-order valence-corrected chi connectivity index (χ4v) is 6.82. The van der Waals surface area contributed by atoms with Gasteiger partial charge in [0.15, 0.2) is 22.9 Å². The molecule has 0 bridgehead atoms. The maximum atomic E-state index is 14.4. The van der Waals surface area contributed by atoms with E-state index in [1.807, 2.05) is 64.1 Å². The van der Waals surface area contributed by atoms with Crippen LogP contribution in [0.4, 0.5) is 0 Å². The average Bonchev–Trinajstić information content (AvgIpc) is 3.37. The van der Waals surface area contributed by atoms with Crippen LogP contribution in [-0.4, -0.2) is 61.4 Å². The van der Waals surface area contributed by atoms with E-state index in [0.29, 0.717) is 63.1 Å². The van der Waals surface area contributed by atoms with Crippen LogP contribution in [0, 0.1) is 0 Å². The molecule has 1 atom stereocenters. The Hall–Kier alpha value is -4.90. The van der Waals surface area contributed by atoms with Crippen LogP contribution >= 0.6 is 11.3 Å². The van der Waals surface area contributed by atoms with Crippen molar-refractivity contribution in [1.29, 1.82) is 0 Å². The van der Waals surface area contributed by atoms with Crippen molar-refractivity contribution in [3.63, 3.8) is 0 Å². The number of hydrogen-bond acceptors (Lipinski definition) is 9. The molecule has 47 heavy (non-hydrogen) atoms. The summed E-state index contributed by atoms with van der Waals surface area (Å²) in [6.45, 7) is 10.7. The minimum absolute atomic E-state index is 0.176. The molecule has 4 aromatic rings. The van der Waals surface area contributed by atoms with Crippen LogP contribution in [-0.2, 0) is 14.3 Å². The largest absolute Gasteiger partial charge is 0.496 e. The van der Waals surface area contributed by atoms with Crippen molar-refractivity contribution in [3.8, 4) is 17.2 Å². The predicted octanol–water partition coefficient (Wildman–Crippen LogP) is 4.61. The minimum atomic E-state index is -0.778. The van der Waals surface area contributed by atoms with Crippen molar-refractivity contribution in [2.75, 3.05) is 40.0 Å². The second-order valence-corrected chi connectivity index (χ2v) is 11.7. The Kier molecular flexibility index (Phi) is 10.5. The maximum Gasteiger partial charge on any atom is 0.344 e. The fourth-order valence-electron chi connectivity index (χ4n) is 5.78. The number of allylic oxidation sites excluding steroid dienone is 1. The topological polar surface area (TPSA) is 109 Å². The SMILES string of the molecule is CCOC(=O)COc1ccc(/C=c2/sc3n(c2=O)[C@H](c2c(OC)ccc4ccccc24)C(C(=O)N(CC)CC)=C(C)N=3)cc1OCC. The van der Waals surface area contributed by atoms with Crippen molar-refractivity contribution in [2.24, 2.45) is 4.99 Å². The van der Waals surface area contributed by atoms with E-state index in [0.717, 1.165) is 16.3 Å². The Morgan fingerprint density at radius 1 is 0.957 bits per heavy atom. The third-order valence-electron chi connectivity index (χ3n) is 7.94. The monoisotopic (exact) mass is 657 g/mol. The third-order valence-corrected chi connectivity index (χ3v) is 8.93. The average molecular weight is 658 g/mol. The zero-order chi connectivity index (χ0) is 33.7. The van der Waals surface area contributed by atoms with E-state index >= 15 is 0 Å². The molecule has 0 saturated heterocycles. The van der Waals surface area contributed by atoms with Crippen molar-refractivity contribution in [1.82, 2.24) is 9.47 Å². The lowest BCUT2D eigenvalue weighted by Crippen LogP contribution is -2.43. The summed E-state index contributed by atoms with van der Waals surface area (Å²) in [6.07, 6.45) is 1.77. The summed E-state index contributed by atoms with van der Waals surface area (Å²) >= 11 is 1.25. The maximum absolute atomic E-state index is 14.4. The molecule has 0 spiro atoms. The number of hydrogen-bond donors (Lipinski definition) is 0. The zero-order valence-electron chi connectivity index (χ0n) is 27.5. The molecule has 0 aliphatic carbocycles. The second kappa shape index (κ2) is 14.7. The highest BCUT2D eigenvalue weighted by Gasteiger charge is 2.36. The number of amides is 1. The van der Waals surface area contributed by atoms with E-state index in [1.54, 1.807) is 47.8 Å². The molecule has 0 radical (unpaired) electrons. The summed E-state index contributed by atoms with van der Waals surface area (Å²) in [5, 5.41) is 1.84. The highest BCUT2D eigenvalue weighted by molar-refractivity contribution is 7.07. The summed E-state index contributed by atoms with van der Waals surface area (Å²) in [7, 11) is 1.59. The number of ether oxygens (including phenoxy) is 4. The summed E-state index contributed by atoms with van der Waals surface area (Å²) in [4.78, 5) is 47.5. The van der Waals surface area contributed by atoms with Crippen molar-refractivity contribution >= 4 is 40.1 Å². The molecule has 1 amide bonds. The first-order valence-electron chi connectivity index (χ1n) is 15.7. The Morgan fingerprint density at radius 2 is 1.70 bits per heavy atom. The number of benzene rings is 3. The van der Waals surface area contributed by atoms with Gasteiger partial charge < -0.3 is 23.8 Å². The number of carbonyl (C=O) groups is 2. The van der Waals surface area contributed by atoms with Crippen LogP contribution < -0.4 is 29.1 Å². The van der Waals surface area contributed by atoms with E-state index in [2.05, 4.69) is 0 Å². The van der Waals surface area contributed by atoms with Gasteiger partial charge in [-0.05, 0) is 75.2 Å². The quantitative estimate of drug-likeness (QED) is 0.205. The third kappa shape index (κ3) is 6.66. The molecule has 5 rings (SSSR count). The Labute approximate surface area is 277 Å². The normalized spacial score (nSPS) is 14.4. The summed E-state index contributed by atoms with van der Waals surface area (Å²) in [5.41, 5.74) is 2.12. The molecule has 3 aromatic carbocycles. The van der Waals surface area contributed by atoms with E-state index in [1.165, 1.54) is 11.3 Å². The number of thiazole rings is 1. The first kappa shape index (κ1) is 33.5. The van der Waals surface area contributed by atoms with Gasteiger partial charge in [-0.1, -0.05) is 47.7 Å². The molecule has 1 aliphatic rings. The first-order chi connectivity index (χ1) is 22.8. The number of carbonyl (C=O) groups excluding carboxylic acids is 2. The molecule has 0 N–H and O–H groups in total. The Balaban J connectivity index is 1.70. The molecule has 0 fully saturated rings. The molecule has 10 nitrogen and oxygen atoms in total. The van der Waals surface area contributed by atoms with Gasteiger partial charge in [0.25, 0.3) is 11.5 Å². The molecule has 0 unspecified atom stereocenters. The lowest BCUT2D eigenvalue weighted by molar-refractivity contribution is -0.145. The minimum Gasteiger partial charge on any atom is -0.496 e. The smallest absolute Gasteiger partial charge is 0.344 e. The van der Waals surface area contributed by atoms with Gasteiger partial charge in [0, 0.05) is 18.7 Å². The number of rotatable bonds is 12. The van der Waals surface area contributed by atoms with Gasteiger partial charge in [-0.2, -0.15) is 0 Å². The van der Waals surface area contributed by atoms with Gasteiger partial charge in [0.1, 0.15) is 11.8 Å². The van der Waals surface area contributed by atoms with Crippen LogP contribution in [0.2, 0.25) is 0 Å². The van der Waals surface area contributed by atoms with Gasteiger partial charge in [-0.3, -0.25) is 14.2 Å². The highest BCUT2D eigenvalue weighted by Crippen LogP contribution is 2.40. The van der Waals surface area contributed by atoms with Gasteiger partial charge >= 0.3 is 5.97 Å². The number of nitrogens with zero attached hydrogens (tertiary/aromatic N) is 3. The Morgan fingerprint density at radius 3 is 2.40 bits per heavy atom. The van der Waals surface area contributed by atoms with E-state index in [-0.39, 0.29) is 24.7 Å². The standard InChI is InChI=1S/C36H39N3O7S/c1-7-38(8-2)35(42)31-22(5)37-36-39(33(31)32-25-14-12-11-13-24(25)16-18-27(32)43-6)34(41)29(47-36)20-23-15-17-26(28(19-23)44-9-3)46-21-30(40)45-10-4/h11-20,33H,7-10,21H2,1-6H3/b29-20+/t33-/m0/s1. The Bertz CT molecular complexity index is 2020. The van der Waals surface area contributed by atoms with Crippen LogP contribution in [0.25, 0.3) is 16.8 Å². The van der Waals surface area contributed by atoms with E-state index < -0.39 is 12.0 Å². The van der Waals surface area contributed by atoms with Gasteiger partial charge in [-0.25, -0.2) is 9.79 Å². The van der Waals surface area contributed by atoms with Crippen LogP contribution in [0.15, 0.2) is 75.7 Å². The summed E-state index contributed by atoms with van der Waals surface area (Å²) in [6, 6.07) is 16.2. The second-order valence-electron chi connectivity index (χ2n) is 10.7. The lowest BCUT2D eigenvalue weighted by atomic mass is 9.90. The van der Waals surface area contributed by atoms with E-state index in [4.69, 9.17) is 23.9 Å². The van der Waals surface area contributed by atoms with Crippen molar-refractivity contribution < 1.29 is 28.5 Å². The predicted molar refractivity (Wildman–Crippen MR) is 182 cm³/mol. The van der Waals surface area contributed by atoms with Gasteiger partial charge in [-0.15, -0.1) is 0 Å². The van der Waals surface area contributed by atoms with Crippen molar-refractivity contribution in [3.05, 3.63) is 96.7 Å². The molecule has 1 aliphatic heterocycles. The first-order valence-corrected chi connectivity index (χ1v) is 16.5. The summed E-state index contributed by atoms with van der Waals surface area (Å²) < 4.78 is 24.4. The highest BCUT2D eigenvalue weighted by atomic mass is 32.1. The summed E-state index contributed by atoms with van der Waals surface area (Å²) in [5.74, 6) is 0.732. The fraction of sp³-hybridized carbons (Fsp3) is 0.333. The van der Waals surface area contributed by atoms with Gasteiger partial charge in [0.2, 0.25) is 0 Å². The number of likely N-dealkylation sites (N-methyl/N-ethyl adjacent to an activating group) is 1. The van der Waals surface area contributed by atoms with Crippen LogP contribution in [0.3, 0.4) is 0 Å². The number of aromatic nitrogens is 1. The molecular formula is C36H39N3O7S. The van der Waals surface area contributed by atoms with Crippen molar-refractivity contribution in [2.45, 2.75) is 40.7 Å². The lowest BCUT2D eigenvalue weighted by Gasteiger charge is -2.30. The van der Waals surface area contributed by atoms with Crippen LogP contribution in [0.5, 0.6) is 17.2 Å². The molecule has 1 aromatic heterocycles. The molecule has 2 heterocycles. The molecule has 246 valence electrons. The molecule has 11 heteroatoms. The van der Waals surface area contributed by atoms with Crippen LogP contribution in [0.1, 0.15) is 51.8 Å². The van der Waals surface area contributed by atoms with E-state index in [9.17, 15) is 14.4 Å². The zero-order valence-corrected chi connectivity index (χ0v) is 28.3. The molecule has 0 saturated carbocycles. The number of methoxy groups -OCH3 is 1. The number of esters is 1. The molecular weight excluding hydrogens is 618 g/mol.